The van der Waals surface area contributed by atoms with Crippen molar-refractivity contribution in [1.29, 1.82) is 0 Å². The molecule has 3 rings (SSSR count). The summed E-state index contributed by atoms with van der Waals surface area (Å²) in [6, 6.07) is 14.0. The lowest BCUT2D eigenvalue weighted by Crippen LogP contribution is -2.15. The molecule has 0 radical (unpaired) electrons. The molecule has 0 heteroatoms. The molecule has 1 aliphatic rings. The number of hydrogen-bond donors (Lipinski definition) is 0. The van der Waals surface area contributed by atoms with Gasteiger partial charge >= 0.3 is 0 Å². The van der Waals surface area contributed by atoms with Gasteiger partial charge in [-0.2, -0.15) is 0 Å². The first kappa shape index (κ1) is 35.6. The van der Waals surface area contributed by atoms with Gasteiger partial charge in [-0.1, -0.05) is 166 Å². The third-order valence-corrected chi connectivity index (χ3v) is 9.34. The second-order valence-corrected chi connectivity index (χ2v) is 12.3. The average molecular weight is 597 g/mol. The lowest BCUT2D eigenvalue weighted by molar-refractivity contribution is 0.660. The molecule has 236 valence electrons. The van der Waals surface area contributed by atoms with Crippen LogP contribution in [0.3, 0.4) is 0 Å². The lowest BCUT2D eigenvalue weighted by Gasteiger charge is -2.22. The summed E-state index contributed by atoms with van der Waals surface area (Å²) in [6.07, 6.45) is 28.0. The molecule has 0 saturated heterocycles. The monoisotopic (exact) mass is 596 g/mol. The van der Waals surface area contributed by atoms with E-state index < -0.39 is 0 Å². The molecule has 0 atom stereocenters. The van der Waals surface area contributed by atoms with E-state index in [2.05, 4.69) is 154 Å². The molecule has 0 bridgehead atoms. The first-order valence-corrected chi connectivity index (χ1v) is 17.1. The lowest BCUT2D eigenvalue weighted by atomic mass is 9.81. The molecule has 45 heavy (non-hydrogen) atoms. The number of fused-ring (bicyclic) bond motifs is 3. The summed E-state index contributed by atoms with van der Waals surface area (Å²) >= 11 is 0. The largest absolute Gasteiger partial charge is 0.0991 e. The van der Waals surface area contributed by atoms with Gasteiger partial charge in [-0.25, -0.2) is 0 Å². The van der Waals surface area contributed by atoms with Crippen LogP contribution in [0.25, 0.3) is 23.3 Å². The van der Waals surface area contributed by atoms with E-state index in [9.17, 15) is 0 Å². The Balaban J connectivity index is 1.91. The highest BCUT2D eigenvalue weighted by Gasteiger charge is 2.35. The van der Waals surface area contributed by atoms with E-state index in [1.807, 2.05) is 12.2 Å². The van der Waals surface area contributed by atoms with Crippen LogP contribution in [0.1, 0.15) is 116 Å². The standard InChI is InChI=1S/C45H56/c1-11-21-36(14-4)40(18-8)30-34-26-29-42-41-28-25-33(31-43(41)45(9,10)44(42)32-34)24-27-39(17-7)38(16-6)23-20-19-22-37(15-5)35(12-2)13-3/h11-12,19-32H,1-2,13-18H2,3-10H3/b22-19-,23-20+,27-24-,36-21-,37-35+,39-38-,40-30-. The van der Waals surface area contributed by atoms with Gasteiger partial charge in [0.2, 0.25) is 0 Å². The summed E-state index contributed by atoms with van der Waals surface area (Å²) in [7, 11) is 0. The summed E-state index contributed by atoms with van der Waals surface area (Å²) in [5, 5.41) is 0. The van der Waals surface area contributed by atoms with Gasteiger partial charge in [0.1, 0.15) is 0 Å². The maximum atomic E-state index is 3.99. The third kappa shape index (κ3) is 8.43. The van der Waals surface area contributed by atoms with Crippen LogP contribution in [0.5, 0.6) is 0 Å². The van der Waals surface area contributed by atoms with E-state index in [1.54, 1.807) is 0 Å². The summed E-state index contributed by atoms with van der Waals surface area (Å²) in [4.78, 5) is 0. The van der Waals surface area contributed by atoms with Gasteiger partial charge in [-0.3, -0.25) is 0 Å². The number of rotatable bonds is 15. The topological polar surface area (TPSA) is 0 Å². The van der Waals surface area contributed by atoms with Crippen LogP contribution in [0.15, 0.2) is 132 Å². The summed E-state index contributed by atoms with van der Waals surface area (Å²) < 4.78 is 0. The van der Waals surface area contributed by atoms with Crippen molar-refractivity contribution in [1.82, 2.24) is 0 Å². The number of allylic oxidation sites excluding steroid dienone is 14. The fraction of sp³-hybridized carbons (Fsp3) is 0.333. The van der Waals surface area contributed by atoms with Gasteiger partial charge in [0.05, 0.1) is 0 Å². The molecular formula is C45H56. The minimum Gasteiger partial charge on any atom is -0.0991 e. The van der Waals surface area contributed by atoms with Crippen LogP contribution < -0.4 is 0 Å². The summed E-state index contributed by atoms with van der Waals surface area (Å²) in [6.45, 7) is 26.0. The van der Waals surface area contributed by atoms with Crippen LogP contribution >= 0.6 is 0 Å². The van der Waals surface area contributed by atoms with Crippen molar-refractivity contribution in [3.8, 4) is 11.1 Å². The molecule has 0 fully saturated rings. The highest BCUT2D eigenvalue weighted by molar-refractivity contribution is 5.83. The Morgan fingerprint density at radius 1 is 0.600 bits per heavy atom. The molecule has 0 unspecified atom stereocenters. The molecule has 1 aliphatic carbocycles. The zero-order valence-corrected chi connectivity index (χ0v) is 29.4. The van der Waals surface area contributed by atoms with Crippen LogP contribution in [0.4, 0.5) is 0 Å². The van der Waals surface area contributed by atoms with Crippen molar-refractivity contribution in [2.75, 3.05) is 0 Å². The van der Waals surface area contributed by atoms with Crippen LogP contribution in [0.2, 0.25) is 0 Å². The Morgan fingerprint density at radius 2 is 1.09 bits per heavy atom. The van der Waals surface area contributed by atoms with Crippen molar-refractivity contribution in [2.45, 2.75) is 99.3 Å². The van der Waals surface area contributed by atoms with Gasteiger partial charge in [0.15, 0.2) is 0 Å². The molecule has 2 aromatic rings. The van der Waals surface area contributed by atoms with E-state index in [-0.39, 0.29) is 5.41 Å². The SMILES string of the molecule is C=C/C=C(CC)\C(=C/c1ccc2c(c1)C(C)(C)c1cc(\C=C/C(CC)=C(\C=C\C=C/C(CC)=C(\C=C)CC)CC)ccc1-2)CC. The Kier molecular flexibility index (Phi) is 13.4. The maximum Gasteiger partial charge on any atom is 0.0159 e. The molecule has 2 aromatic carbocycles. The Labute approximate surface area is 275 Å². The first-order valence-electron chi connectivity index (χ1n) is 17.1. The molecule has 0 N–H and O–H groups in total. The number of benzene rings is 2. The summed E-state index contributed by atoms with van der Waals surface area (Å²) in [5.74, 6) is 0. The highest BCUT2D eigenvalue weighted by atomic mass is 14.4. The van der Waals surface area contributed by atoms with Crippen molar-refractivity contribution >= 4 is 12.2 Å². The van der Waals surface area contributed by atoms with Crippen molar-refractivity contribution in [3.05, 3.63) is 154 Å². The van der Waals surface area contributed by atoms with Crippen molar-refractivity contribution < 1.29 is 0 Å². The van der Waals surface area contributed by atoms with Gasteiger partial charge in [0.25, 0.3) is 0 Å². The molecule has 0 heterocycles. The third-order valence-electron chi connectivity index (χ3n) is 9.34. The molecule has 0 amide bonds. The fourth-order valence-corrected chi connectivity index (χ4v) is 6.58. The molecule has 0 nitrogen and oxygen atoms in total. The second kappa shape index (κ2) is 17.0. The van der Waals surface area contributed by atoms with E-state index >= 15 is 0 Å². The van der Waals surface area contributed by atoms with Crippen LogP contribution in [-0.4, -0.2) is 0 Å². The van der Waals surface area contributed by atoms with E-state index in [1.165, 1.54) is 66.8 Å². The smallest absolute Gasteiger partial charge is 0.0159 e. The van der Waals surface area contributed by atoms with E-state index in [0.717, 1.165) is 38.5 Å². The van der Waals surface area contributed by atoms with Gasteiger partial charge in [-0.15, -0.1) is 0 Å². The Bertz CT molecular complexity index is 1580. The summed E-state index contributed by atoms with van der Waals surface area (Å²) in [5.41, 5.74) is 16.2. The maximum absolute atomic E-state index is 3.99. The molecule has 0 aliphatic heterocycles. The zero-order valence-electron chi connectivity index (χ0n) is 29.4. The Morgan fingerprint density at radius 3 is 1.58 bits per heavy atom. The second-order valence-electron chi connectivity index (χ2n) is 12.3. The molecular weight excluding hydrogens is 540 g/mol. The fourth-order valence-electron chi connectivity index (χ4n) is 6.58. The minimum absolute atomic E-state index is 0.0581. The number of hydrogen-bond acceptors (Lipinski definition) is 0. The zero-order chi connectivity index (χ0) is 33.0. The van der Waals surface area contributed by atoms with Gasteiger partial charge in [0, 0.05) is 5.41 Å². The quantitative estimate of drug-likeness (QED) is 0.179. The normalized spacial score (nSPS) is 15.8. The molecule has 0 aromatic heterocycles. The molecule has 0 saturated carbocycles. The highest BCUT2D eigenvalue weighted by Crippen LogP contribution is 2.49. The predicted octanol–water partition coefficient (Wildman–Crippen LogP) is 13.9. The van der Waals surface area contributed by atoms with Crippen LogP contribution in [-0.2, 0) is 5.41 Å². The average Bonchev–Trinajstić information content (AvgIpc) is 3.28. The Hall–Kier alpha value is -3.90. The van der Waals surface area contributed by atoms with Crippen molar-refractivity contribution in [2.24, 2.45) is 0 Å². The van der Waals surface area contributed by atoms with Crippen LogP contribution in [0, 0.1) is 0 Å². The minimum atomic E-state index is -0.0581. The van der Waals surface area contributed by atoms with Gasteiger partial charge < -0.3 is 0 Å². The van der Waals surface area contributed by atoms with E-state index in [0.29, 0.717) is 0 Å². The molecule has 0 spiro atoms. The van der Waals surface area contributed by atoms with Crippen molar-refractivity contribution in [3.63, 3.8) is 0 Å². The van der Waals surface area contributed by atoms with E-state index in [4.69, 9.17) is 0 Å². The predicted molar refractivity (Wildman–Crippen MR) is 204 cm³/mol. The van der Waals surface area contributed by atoms with Gasteiger partial charge in [-0.05, 0) is 105 Å². The first-order chi connectivity index (χ1) is 21.7.